The summed E-state index contributed by atoms with van der Waals surface area (Å²) in [6, 6.07) is 5.87. The molecule has 4 rings (SSSR count). The van der Waals surface area contributed by atoms with E-state index in [0.717, 1.165) is 17.7 Å². The van der Waals surface area contributed by atoms with E-state index in [9.17, 15) is 9.59 Å². The number of nitrogens with one attached hydrogen (secondary N) is 1. The molecule has 3 aromatic rings. The number of imidazole rings is 1. The molecular weight excluding hydrogens is 418 g/mol. The number of rotatable bonds is 4. The van der Waals surface area contributed by atoms with E-state index in [1.807, 2.05) is 25.3 Å². The number of halogens is 2. The zero-order valence-corrected chi connectivity index (χ0v) is 18.1. The van der Waals surface area contributed by atoms with Crippen molar-refractivity contribution in [3.63, 3.8) is 0 Å². The normalized spacial score (nSPS) is 16.4. The third-order valence-electron chi connectivity index (χ3n) is 5.48. The van der Waals surface area contributed by atoms with Crippen molar-refractivity contribution in [3.8, 4) is 11.3 Å². The summed E-state index contributed by atoms with van der Waals surface area (Å²) in [4.78, 5) is 29.3. The Morgan fingerprint density at radius 3 is 2.59 bits per heavy atom. The number of aromatic nitrogens is 2. The molecule has 7 nitrogen and oxygen atoms in total. The predicted molar refractivity (Wildman–Crippen MR) is 115 cm³/mol. The predicted octanol–water partition coefficient (Wildman–Crippen LogP) is 3.34. The van der Waals surface area contributed by atoms with E-state index in [0.29, 0.717) is 37.5 Å². The van der Waals surface area contributed by atoms with E-state index in [1.165, 1.54) is 13.8 Å². The number of hydrogen-bond acceptors (Lipinski definition) is 4. The van der Waals surface area contributed by atoms with Gasteiger partial charge < -0.3 is 19.4 Å². The fourth-order valence-corrected chi connectivity index (χ4v) is 4.01. The number of aryl methyl sites for hydroxylation is 1. The molecule has 2 amide bonds. The van der Waals surface area contributed by atoms with Crippen LogP contribution in [-0.2, 0) is 20.7 Å². The number of carbonyl (C=O) groups is 2. The SMILES string of the molecule is CC(=O)Nc1cc(F)c(-c2nc3cc(C)ccn3c2C[C@H]2CN(C(C)=O)CCO2)c(F)c1. The number of morpholine rings is 1. The van der Waals surface area contributed by atoms with Gasteiger partial charge in [0.15, 0.2) is 0 Å². The second kappa shape index (κ2) is 8.66. The maximum absolute atomic E-state index is 15.1. The van der Waals surface area contributed by atoms with Crippen molar-refractivity contribution in [2.75, 3.05) is 25.0 Å². The van der Waals surface area contributed by atoms with E-state index in [4.69, 9.17) is 4.74 Å². The minimum atomic E-state index is -0.829. The van der Waals surface area contributed by atoms with Crippen LogP contribution < -0.4 is 5.32 Å². The van der Waals surface area contributed by atoms with Gasteiger partial charge in [0.2, 0.25) is 11.8 Å². The van der Waals surface area contributed by atoms with Gasteiger partial charge in [-0.3, -0.25) is 9.59 Å². The standard InChI is InChI=1S/C23H24F2N4O3/c1-13-4-5-29-20(11-17-12-28(15(3)31)6-7-32-17)23(27-21(29)8-13)22-18(24)9-16(10-19(22)25)26-14(2)30/h4-5,8-10,17H,6-7,11-12H2,1-3H3,(H,26,30)/t17-/m0/s1. The molecule has 0 aliphatic carbocycles. The molecule has 1 atom stereocenters. The van der Waals surface area contributed by atoms with Crippen molar-refractivity contribution in [3.05, 3.63) is 53.4 Å². The number of hydrogen-bond donors (Lipinski definition) is 1. The molecule has 0 bridgehead atoms. The fraction of sp³-hybridized carbons (Fsp3) is 0.348. The van der Waals surface area contributed by atoms with Gasteiger partial charge in [-0.15, -0.1) is 0 Å². The van der Waals surface area contributed by atoms with Crippen LogP contribution in [0.2, 0.25) is 0 Å². The van der Waals surface area contributed by atoms with Crippen molar-refractivity contribution in [1.29, 1.82) is 0 Å². The average Bonchev–Trinajstić information content (AvgIpc) is 3.04. The van der Waals surface area contributed by atoms with E-state index < -0.39 is 17.5 Å². The van der Waals surface area contributed by atoms with Gasteiger partial charge in [0.1, 0.15) is 17.3 Å². The van der Waals surface area contributed by atoms with Crippen LogP contribution in [-0.4, -0.2) is 51.9 Å². The molecule has 1 aliphatic rings. The Hall–Kier alpha value is -3.33. The Morgan fingerprint density at radius 2 is 1.94 bits per heavy atom. The molecule has 1 aromatic carbocycles. The van der Waals surface area contributed by atoms with Crippen molar-refractivity contribution < 1.29 is 23.1 Å². The highest BCUT2D eigenvalue weighted by atomic mass is 19.1. The minimum Gasteiger partial charge on any atom is -0.374 e. The molecule has 0 radical (unpaired) electrons. The lowest BCUT2D eigenvalue weighted by atomic mass is 10.0. The third-order valence-corrected chi connectivity index (χ3v) is 5.48. The van der Waals surface area contributed by atoms with Crippen LogP contribution in [0.5, 0.6) is 0 Å². The van der Waals surface area contributed by atoms with Gasteiger partial charge >= 0.3 is 0 Å². The lowest BCUT2D eigenvalue weighted by molar-refractivity contribution is -0.136. The summed E-state index contributed by atoms with van der Waals surface area (Å²) in [6.07, 6.45) is 1.79. The highest BCUT2D eigenvalue weighted by Gasteiger charge is 2.27. The van der Waals surface area contributed by atoms with Crippen LogP contribution in [0.1, 0.15) is 25.1 Å². The lowest BCUT2D eigenvalue weighted by Gasteiger charge is -2.32. The first kappa shape index (κ1) is 21.9. The summed E-state index contributed by atoms with van der Waals surface area (Å²) in [5.41, 5.74) is 2.03. The number of pyridine rings is 1. The smallest absolute Gasteiger partial charge is 0.221 e. The number of carbonyl (C=O) groups excluding carboxylic acids is 2. The lowest BCUT2D eigenvalue weighted by Crippen LogP contribution is -2.45. The number of nitrogens with zero attached hydrogens (tertiary/aromatic N) is 3. The largest absolute Gasteiger partial charge is 0.374 e. The third kappa shape index (κ3) is 4.34. The quantitative estimate of drug-likeness (QED) is 0.673. The first-order valence-corrected chi connectivity index (χ1v) is 10.3. The summed E-state index contributed by atoms with van der Waals surface area (Å²) in [5.74, 6) is -2.13. The molecule has 0 spiro atoms. The van der Waals surface area contributed by atoms with E-state index in [2.05, 4.69) is 10.3 Å². The van der Waals surface area contributed by atoms with Crippen LogP contribution in [0.25, 0.3) is 16.9 Å². The van der Waals surface area contributed by atoms with Gasteiger partial charge in [0.05, 0.1) is 29.7 Å². The van der Waals surface area contributed by atoms with Gasteiger partial charge in [-0.25, -0.2) is 13.8 Å². The zero-order chi connectivity index (χ0) is 23.0. The Balaban J connectivity index is 1.80. The van der Waals surface area contributed by atoms with Gasteiger partial charge in [0, 0.05) is 45.2 Å². The molecule has 1 saturated heterocycles. The second-order valence-electron chi connectivity index (χ2n) is 8.00. The van der Waals surface area contributed by atoms with Crippen molar-refractivity contribution >= 4 is 23.1 Å². The average molecular weight is 442 g/mol. The molecule has 3 heterocycles. The summed E-state index contributed by atoms with van der Waals surface area (Å²) in [7, 11) is 0. The summed E-state index contributed by atoms with van der Waals surface area (Å²) >= 11 is 0. The first-order chi connectivity index (χ1) is 15.2. The van der Waals surface area contributed by atoms with E-state index in [1.54, 1.807) is 9.30 Å². The van der Waals surface area contributed by atoms with Crippen LogP contribution in [0.3, 0.4) is 0 Å². The zero-order valence-electron chi connectivity index (χ0n) is 18.1. The molecular formula is C23H24F2N4O3. The molecule has 2 aromatic heterocycles. The monoisotopic (exact) mass is 442 g/mol. The summed E-state index contributed by atoms with van der Waals surface area (Å²) in [6.45, 7) is 5.97. The molecule has 1 fully saturated rings. The van der Waals surface area contributed by atoms with Crippen LogP contribution in [0.15, 0.2) is 30.5 Å². The maximum atomic E-state index is 15.1. The minimum absolute atomic E-state index is 0.0325. The highest BCUT2D eigenvalue weighted by Crippen LogP contribution is 2.33. The first-order valence-electron chi connectivity index (χ1n) is 10.3. The second-order valence-corrected chi connectivity index (χ2v) is 8.00. The van der Waals surface area contributed by atoms with Crippen molar-refractivity contribution in [1.82, 2.24) is 14.3 Å². The topological polar surface area (TPSA) is 75.9 Å². The van der Waals surface area contributed by atoms with Crippen molar-refractivity contribution in [2.24, 2.45) is 0 Å². The van der Waals surface area contributed by atoms with E-state index in [-0.39, 0.29) is 29.0 Å². The molecule has 0 saturated carbocycles. The number of benzene rings is 1. The molecule has 9 heteroatoms. The summed E-state index contributed by atoms with van der Waals surface area (Å²) in [5, 5.41) is 2.39. The Morgan fingerprint density at radius 1 is 1.22 bits per heavy atom. The maximum Gasteiger partial charge on any atom is 0.221 e. The Labute approximate surface area is 184 Å². The number of ether oxygens (including phenoxy) is 1. The molecule has 0 unspecified atom stereocenters. The Bertz CT molecular complexity index is 1180. The number of anilines is 1. The van der Waals surface area contributed by atoms with Gasteiger partial charge in [0.25, 0.3) is 0 Å². The fourth-order valence-electron chi connectivity index (χ4n) is 4.01. The van der Waals surface area contributed by atoms with Crippen LogP contribution in [0.4, 0.5) is 14.5 Å². The molecule has 1 aliphatic heterocycles. The van der Waals surface area contributed by atoms with Crippen molar-refractivity contribution in [2.45, 2.75) is 33.3 Å². The van der Waals surface area contributed by atoms with Gasteiger partial charge in [-0.05, 0) is 36.8 Å². The van der Waals surface area contributed by atoms with Crippen LogP contribution in [0, 0.1) is 18.6 Å². The molecule has 1 N–H and O–H groups in total. The Kier molecular flexibility index (Phi) is 5.92. The highest BCUT2D eigenvalue weighted by molar-refractivity contribution is 5.89. The van der Waals surface area contributed by atoms with Gasteiger partial charge in [-0.2, -0.15) is 0 Å². The van der Waals surface area contributed by atoms with E-state index >= 15 is 8.78 Å². The molecule has 168 valence electrons. The van der Waals surface area contributed by atoms with Gasteiger partial charge in [-0.1, -0.05) is 0 Å². The molecule has 32 heavy (non-hydrogen) atoms. The number of fused-ring (bicyclic) bond motifs is 1. The van der Waals surface area contributed by atoms with Crippen LogP contribution >= 0.6 is 0 Å². The summed E-state index contributed by atoms with van der Waals surface area (Å²) < 4.78 is 37.8. The number of amides is 2.